The Morgan fingerprint density at radius 2 is 1.86 bits per heavy atom. The third-order valence-electron chi connectivity index (χ3n) is 5.24. The van der Waals surface area contributed by atoms with Crippen LogP contribution in [-0.4, -0.2) is 61.1 Å². The molecular weight excluding hydrogens is 390 g/mol. The molecule has 1 aliphatic rings. The van der Waals surface area contributed by atoms with Gasteiger partial charge in [-0.2, -0.15) is 5.10 Å². The van der Waals surface area contributed by atoms with Crippen molar-refractivity contribution in [3.8, 4) is 5.75 Å². The van der Waals surface area contributed by atoms with E-state index < -0.39 is 0 Å². The minimum atomic E-state index is -0.226. The molecule has 2 heterocycles. The first-order valence-electron chi connectivity index (χ1n) is 10.2. The van der Waals surface area contributed by atoms with Gasteiger partial charge < -0.3 is 15.0 Å². The number of anilines is 2. The first-order valence-corrected chi connectivity index (χ1v) is 10.6. The molecule has 0 bridgehead atoms. The van der Waals surface area contributed by atoms with Crippen molar-refractivity contribution in [3.05, 3.63) is 45.8 Å². The number of aryl methyl sites for hydroxylation is 1. The molecule has 1 saturated heterocycles. The smallest absolute Gasteiger partial charge is 0.287 e. The number of ether oxygens (including phenoxy) is 1. The van der Waals surface area contributed by atoms with Crippen molar-refractivity contribution in [1.29, 1.82) is 0 Å². The van der Waals surface area contributed by atoms with Gasteiger partial charge in [0.15, 0.2) is 0 Å². The van der Waals surface area contributed by atoms with E-state index in [9.17, 15) is 4.79 Å². The Bertz CT molecular complexity index is 849. The fraction of sp³-hybridized carbons (Fsp3) is 0.524. The van der Waals surface area contributed by atoms with Crippen molar-refractivity contribution in [3.63, 3.8) is 0 Å². The number of unbranched alkanes of at least 4 members (excludes halogenated alkanes) is 1. The van der Waals surface area contributed by atoms with Gasteiger partial charge in [0.05, 0.1) is 24.7 Å². The average Bonchev–Trinajstić information content (AvgIpc) is 2.76. The molecule has 1 aliphatic heterocycles. The van der Waals surface area contributed by atoms with Crippen LogP contribution in [0.1, 0.15) is 19.8 Å². The summed E-state index contributed by atoms with van der Waals surface area (Å²) >= 11 is 6.14. The van der Waals surface area contributed by atoms with Crippen LogP contribution >= 0.6 is 11.6 Å². The van der Waals surface area contributed by atoms with E-state index in [2.05, 4.69) is 32.3 Å². The Kier molecular flexibility index (Phi) is 7.77. The number of methoxy groups -OCH3 is 1. The maximum atomic E-state index is 12.3. The van der Waals surface area contributed by atoms with Crippen LogP contribution in [0.2, 0.25) is 5.02 Å². The van der Waals surface area contributed by atoms with Crippen LogP contribution < -0.4 is 20.5 Å². The molecule has 0 amide bonds. The van der Waals surface area contributed by atoms with Crippen LogP contribution in [-0.2, 0) is 6.54 Å². The monoisotopic (exact) mass is 419 g/mol. The molecule has 0 atom stereocenters. The highest BCUT2D eigenvalue weighted by molar-refractivity contribution is 6.32. The number of nitrogens with zero attached hydrogens (tertiary/aromatic N) is 4. The van der Waals surface area contributed by atoms with Crippen LogP contribution in [0.3, 0.4) is 0 Å². The van der Waals surface area contributed by atoms with Crippen LogP contribution in [0.15, 0.2) is 35.3 Å². The molecule has 0 aliphatic carbocycles. The summed E-state index contributed by atoms with van der Waals surface area (Å²) in [6, 6.07) is 8.18. The minimum Gasteiger partial charge on any atom is -0.495 e. The standard InChI is InChI=1S/C21H30ClN5O2/c1-3-23-17-16-24-27(21(28)20(17)22)11-7-6-10-25-12-14-26(15-13-25)18-8-4-5-9-19(18)29-2/h4-5,8-9,16,23H,3,6-7,10-15H2,1-2H3. The van der Waals surface area contributed by atoms with Crippen molar-refractivity contribution in [2.45, 2.75) is 26.3 Å². The summed E-state index contributed by atoms with van der Waals surface area (Å²) in [5.74, 6) is 0.928. The van der Waals surface area contributed by atoms with Gasteiger partial charge in [-0.15, -0.1) is 0 Å². The van der Waals surface area contributed by atoms with E-state index in [1.54, 1.807) is 13.3 Å². The lowest BCUT2D eigenvalue weighted by Crippen LogP contribution is -2.46. The van der Waals surface area contributed by atoms with Gasteiger partial charge >= 0.3 is 0 Å². The molecule has 1 N–H and O–H groups in total. The lowest BCUT2D eigenvalue weighted by molar-refractivity contribution is 0.250. The SMILES string of the molecule is CCNc1cnn(CCCCN2CCN(c3ccccc3OC)CC2)c(=O)c1Cl. The molecule has 29 heavy (non-hydrogen) atoms. The van der Waals surface area contributed by atoms with E-state index in [-0.39, 0.29) is 10.6 Å². The number of halogens is 1. The number of benzene rings is 1. The normalized spacial score (nSPS) is 14.8. The highest BCUT2D eigenvalue weighted by atomic mass is 35.5. The Morgan fingerprint density at radius 1 is 1.14 bits per heavy atom. The molecule has 1 aromatic carbocycles. The topological polar surface area (TPSA) is 62.6 Å². The summed E-state index contributed by atoms with van der Waals surface area (Å²) in [5.41, 5.74) is 1.54. The second-order valence-electron chi connectivity index (χ2n) is 7.14. The van der Waals surface area contributed by atoms with Crippen molar-refractivity contribution < 1.29 is 4.74 Å². The molecule has 158 valence electrons. The Morgan fingerprint density at radius 3 is 2.59 bits per heavy atom. The zero-order valence-electron chi connectivity index (χ0n) is 17.2. The molecule has 1 fully saturated rings. The molecule has 2 aromatic rings. The summed E-state index contributed by atoms with van der Waals surface area (Å²) in [5, 5.41) is 7.49. The third kappa shape index (κ3) is 5.42. The van der Waals surface area contributed by atoms with Crippen LogP contribution in [0.4, 0.5) is 11.4 Å². The maximum absolute atomic E-state index is 12.3. The molecule has 0 saturated carbocycles. The molecular formula is C21H30ClN5O2. The molecule has 0 spiro atoms. The van der Waals surface area contributed by atoms with E-state index in [0.717, 1.165) is 57.0 Å². The van der Waals surface area contributed by atoms with Crippen molar-refractivity contribution >= 4 is 23.0 Å². The molecule has 0 radical (unpaired) electrons. The van der Waals surface area contributed by atoms with E-state index >= 15 is 0 Å². The summed E-state index contributed by atoms with van der Waals surface area (Å²) in [4.78, 5) is 17.1. The largest absolute Gasteiger partial charge is 0.495 e. The highest BCUT2D eigenvalue weighted by Gasteiger charge is 2.19. The number of hydrogen-bond acceptors (Lipinski definition) is 6. The number of para-hydroxylation sites is 2. The van der Waals surface area contributed by atoms with Gasteiger partial charge in [-0.3, -0.25) is 9.69 Å². The molecule has 3 rings (SSSR count). The number of piperazine rings is 1. The van der Waals surface area contributed by atoms with Crippen molar-refractivity contribution in [2.75, 3.05) is 56.6 Å². The van der Waals surface area contributed by atoms with Gasteiger partial charge in [0.25, 0.3) is 5.56 Å². The maximum Gasteiger partial charge on any atom is 0.287 e. The van der Waals surface area contributed by atoms with E-state index in [0.29, 0.717) is 18.8 Å². The zero-order valence-corrected chi connectivity index (χ0v) is 18.0. The van der Waals surface area contributed by atoms with Gasteiger partial charge in [-0.05, 0) is 38.4 Å². The Hall–Kier alpha value is -2.25. The minimum absolute atomic E-state index is 0.217. The van der Waals surface area contributed by atoms with E-state index in [1.165, 1.54) is 4.68 Å². The Labute approximate surface area is 177 Å². The van der Waals surface area contributed by atoms with Crippen LogP contribution in [0, 0.1) is 0 Å². The highest BCUT2D eigenvalue weighted by Crippen LogP contribution is 2.28. The summed E-state index contributed by atoms with van der Waals surface area (Å²) in [6.07, 6.45) is 3.55. The van der Waals surface area contributed by atoms with E-state index in [1.807, 2.05) is 19.1 Å². The number of hydrogen-bond donors (Lipinski definition) is 1. The Balaban J connectivity index is 1.42. The molecule has 1 aromatic heterocycles. The summed E-state index contributed by atoms with van der Waals surface area (Å²) in [6.45, 7) is 8.31. The quantitative estimate of drug-likeness (QED) is 0.630. The predicted molar refractivity (Wildman–Crippen MR) is 119 cm³/mol. The number of nitrogens with one attached hydrogen (secondary N) is 1. The number of rotatable bonds is 9. The lowest BCUT2D eigenvalue weighted by atomic mass is 10.2. The first kappa shape index (κ1) is 21.5. The van der Waals surface area contributed by atoms with Crippen LogP contribution in [0.25, 0.3) is 0 Å². The molecule has 8 heteroatoms. The van der Waals surface area contributed by atoms with Crippen LogP contribution in [0.5, 0.6) is 5.75 Å². The van der Waals surface area contributed by atoms with Gasteiger partial charge in [-0.25, -0.2) is 4.68 Å². The summed E-state index contributed by atoms with van der Waals surface area (Å²) in [7, 11) is 1.72. The summed E-state index contributed by atoms with van der Waals surface area (Å²) < 4.78 is 6.94. The third-order valence-corrected chi connectivity index (χ3v) is 5.61. The van der Waals surface area contributed by atoms with Gasteiger partial charge in [0, 0.05) is 39.3 Å². The van der Waals surface area contributed by atoms with Gasteiger partial charge in [-0.1, -0.05) is 23.7 Å². The molecule has 7 nitrogen and oxygen atoms in total. The van der Waals surface area contributed by atoms with Crippen molar-refractivity contribution in [2.24, 2.45) is 0 Å². The predicted octanol–water partition coefficient (Wildman–Crippen LogP) is 2.94. The first-order chi connectivity index (χ1) is 14.1. The lowest BCUT2D eigenvalue weighted by Gasteiger charge is -2.36. The molecule has 0 unspecified atom stereocenters. The fourth-order valence-electron chi connectivity index (χ4n) is 3.64. The average molecular weight is 420 g/mol. The number of aromatic nitrogens is 2. The second kappa shape index (κ2) is 10.5. The van der Waals surface area contributed by atoms with E-state index in [4.69, 9.17) is 16.3 Å². The van der Waals surface area contributed by atoms with Gasteiger partial charge in [0.2, 0.25) is 0 Å². The zero-order chi connectivity index (χ0) is 20.6. The van der Waals surface area contributed by atoms with Gasteiger partial charge in [0.1, 0.15) is 10.8 Å². The fourth-order valence-corrected chi connectivity index (χ4v) is 3.85. The second-order valence-corrected chi connectivity index (χ2v) is 7.52. The van der Waals surface area contributed by atoms with Crippen molar-refractivity contribution in [1.82, 2.24) is 14.7 Å².